The molecule has 0 radical (unpaired) electrons. The zero-order chi connectivity index (χ0) is 18.2. The van der Waals surface area contributed by atoms with E-state index in [1.54, 1.807) is 12.1 Å². The SMILES string of the molecule is CC(C)COc1ccc(NC(=O)c2ccc(OCC(C)C)cc2)cc1. The molecule has 0 unspecified atom stereocenters. The van der Waals surface area contributed by atoms with Crippen LogP contribution >= 0.6 is 0 Å². The number of anilines is 1. The molecule has 0 bridgehead atoms. The standard InChI is InChI=1S/C21H27NO3/c1-15(2)13-24-19-9-5-17(6-10-19)21(23)22-18-7-11-20(12-8-18)25-14-16(3)4/h5-12,15-16H,13-14H2,1-4H3,(H,22,23). The van der Waals surface area contributed by atoms with Crippen molar-refractivity contribution >= 4 is 11.6 Å². The molecular weight excluding hydrogens is 314 g/mol. The van der Waals surface area contributed by atoms with Gasteiger partial charge >= 0.3 is 0 Å². The van der Waals surface area contributed by atoms with E-state index in [1.807, 2.05) is 36.4 Å². The topological polar surface area (TPSA) is 47.6 Å². The van der Waals surface area contributed by atoms with Crippen LogP contribution in [0.15, 0.2) is 48.5 Å². The first-order chi connectivity index (χ1) is 11.9. The van der Waals surface area contributed by atoms with Gasteiger partial charge in [0.05, 0.1) is 13.2 Å². The quantitative estimate of drug-likeness (QED) is 0.734. The highest BCUT2D eigenvalue weighted by Gasteiger charge is 2.07. The van der Waals surface area contributed by atoms with E-state index in [9.17, 15) is 4.79 Å². The van der Waals surface area contributed by atoms with Crippen LogP contribution in [0.25, 0.3) is 0 Å². The van der Waals surface area contributed by atoms with E-state index in [0.717, 1.165) is 17.2 Å². The molecule has 134 valence electrons. The Hall–Kier alpha value is -2.49. The van der Waals surface area contributed by atoms with E-state index >= 15 is 0 Å². The van der Waals surface area contributed by atoms with Crippen molar-refractivity contribution in [3.8, 4) is 11.5 Å². The molecule has 0 spiro atoms. The van der Waals surface area contributed by atoms with Crippen molar-refractivity contribution in [3.05, 3.63) is 54.1 Å². The number of hydrogen-bond donors (Lipinski definition) is 1. The first-order valence-corrected chi connectivity index (χ1v) is 8.71. The van der Waals surface area contributed by atoms with E-state index in [1.165, 1.54) is 0 Å². The molecule has 1 N–H and O–H groups in total. The summed E-state index contributed by atoms with van der Waals surface area (Å²) in [5.74, 6) is 2.38. The van der Waals surface area contributed by atoms with Crippen molar-refractivity contribution in [3.63, 3.8) is 0 Å². The minimum Gasteiger partial charge on any atom is -0.493 e. The Balaban J connectivity index is 1.90. The summed E-state index contributed by atoms with van der Waals surface area (Å²) in [6, 6.07) is 14.6. The molecule has 0 aliphatic rings. The van der Waals surface area contributed by atoms with Gasteiger partial charge in [0.2, 0.25) is 0 Å². The minimum absolute atomic E-state index is 0.147. The molecule has 0 aliphatic carbocycles. The molecule has 25 heavy (non-hydrogen) atoms. The average Bonchev–Trinajstić information content (AvgIpc) is 2.59. The summed E-state index contributed by atoms with van der Waals surface area (Å²) in [7, 11) is 0. The number of benzene rings is 2. The highest BCUT2D eigenvalue weighted by atomic mass is 16.5. The zero-order valence-electron chi connectivity index (χ0n) is 15.4. The van der Waals surface area contributed by atoms with Gasteiger partial charge in [-0.15, -0.1) is 0 Å². The molecular formula is C21H27NO3. The summed E-state index contributed by atoms with van der Waals surface area (Å²) in [6.45, 7) is 9.75. The first-order valence-electron chi connectivity index (χ1n) is 8.71. The van der Waals surface area contributed by atoms with E-state index in [4.69, 9.17) is 9.47 Å². The molecule has 2 aromatic rings. The maximum Gasteiger partial charge on any atom is 0.255 e. The molecule has 0 saturated carbocycles. The minimum atomic E-state index is -0.147. The van der Waals surface area contributed by atoms with Gasteiger partial charge in [0, 0.05) is 11.3 Å². The van der Waals surface area contributed by atoms with Crippen LogP contribution in [-0.2, 0) is 0 Å². The fourth-order valence-corrected chi connectivity index (χ4v) is 2.07. The summed E-state index contributed by atoms with van der Waals surface area (Å²) in [5.41, 5.74) is 1.33. The normalized spacial score (nSPS) is 10.8. The summed E-state index contributed by atoms with van der Waals surface area (Å²) >= 11 is 0. The Morgan fingerprint density at radius 3 is 1.68 bits per heavy atom. The highest BCUT2D eigenvalue weighted by Crippen LogP contribution is 2.18. The molecule has 2 rings (SSSR count). The predicted octanol–water partition coefficient (Wildman–Crippen LogP) is 5.01. The maximum atomic E-state index is 12.3. The van der Waals surface area contributed by atoms with Gasteiger partial charge in [-0.3, -0.25) is 4.79 Å². The fourth-order valence-electron chi connectivity index (χ4n) is 2.07. The second-order valence-electron chi connectivity index (χ2n) is 6.91. The summed E-state index contributed by atoms with van der Waals surface area (Å²) in [6.07, 6.45) is 0. The molecule has 0 aromatic heterocycles. The number of carbonyl (C=O) groups excluding carboxylic acids is 1. The van der Waals surface area contributed by atoms with E-state index in [0.29, 0.717) is 30.6 Å². The van der Waals surface area contributed by atoms with Gasteiger partial charge in [-0.05, 0) is 60.4 Å². The predicted molar refractivity (Wildman–Crippen MR) is 102 cm³/mol. The Labute approximate surface area is 150 Å². The second kappa shape index (κ2) is 9.11. The molecule has 4 nitrogen and oxygen atoms in total. The lowest BCUT2D eigenvalue weighted by Crippen LogP contribution is -2.12. The van der Waals surface area contributed by atoms with Crippen LogP contribution in [-0.4, -0.2) is 19.1 Å². The first kappa shape index (κ1) is 18.8. The third-order valence-corrected chi connectivity index (χ3v) is 3.40. The number of hydrogen-bond acceptors (Lipinski definition) is 3. The lowest BCUT2D eigenvalue weighted by Gasteiger charge is -2.11. The van der Waals surface area contributed by atoms with E-state index < -0.39 is 0 Å². The molecule has 2 aromatic carbocycles. The Kier molecular flexibility index (Phi) is 6.87. The largest absolute Gasteiger partial charge is 0.493 e. The third-order valence-electron chi connectivity index (χ3n) is 3.40. The lowest BCUT2D eigenvalue weighted by atomic mass is 10.2. The van der Waals surface area contributed by atoms with Crippen molar-refractivity contribution in [2.45, 2.75) is 27.7 Å². The number of amides is 1. The van der Waals surface area contributed by atoms with Crippen molar-refractivity contribution in [1.29, 1.82) is 0 Å². The van der Waals surface area contributed by atoms with Crippen molar-refractivity contribution in [1.82, 2.24) is 0 Å². The molecule has 0 heterocycles. The second-order valence-corrected chi connectivity index (χ2v) is 6.91. The highest BCUT2D eigenvalue weighted by molar-refractivity contribution is 6.04. The Morgan fingerprint density at radius 1 is 0.800 bits per heavy atom. The Bertz CT molecular complexity index is 661. The van der Waals surface area contributed by atoms with Gasteiger partial charge in [0.1, 0.15) is 11.5 Å². The van der Waals surface area contributed by atoms with Crippen molar-refractivity contribution < 1.29 is 14.3 Å². The van der Waals surface area contributed by atoms with Crippen LogP contribution in [0.4, 0.5) is 5.69 Å². The molecule has 0 aliphatic heterocycles. The lowest BCUT2D eigenvalue weighted by molar-refractivity contribution is 0.102. The summed E-state index contributed by atoms with van der Waals surface area (Å²) in [4.78, 5) is 12.3. The maximum absolute atomic E-state index is 12.3. The van der Waals surface area contributed by atoms with Gasteiger partial charge in [0.15, 0.2) is 0 Å². The fraction of sp³-hybridized carbons (Fsp3) is 0.381. The van der Waals surface area contributed by atoms with Crippen LogP contribution < -0.4 is 14.8 Å². The van der Waals surface area contributed by atoms with Crippen LogP contribution in [0, 0.1) is 11.8 Å². The molecule has 1 amide bonds. The molecule has 0 fully saturated rings. The van der Waals surface area contributed by atoms with Crippen molar-refractivity contribution in [2.75, 3.05) is 18.5 Å². The number of nitrogens with one attached hydrogen (secondary N) is 1. The smallest absolute Gasteiger partial charge is 0.255 e. The van der Waals surface area contributed by atoms with Crippen molar-refractivity contribution in [2.24, 2.45) is 11.8 Å². The van der Waals surface area contributed by atoms with Crippen LogP contribution in [0.3, 0.4) is 0 Å². The van der Waals surface area contributed by atoms with Crippen LogP contribution in [0.2, 0.25) is 0 Å². The zero-order valence-corrected chi connectivity index (χ0v) is 15.4. The molecule has 0 atom stereocenters. The van der Waals surface area contributed by atoms with Gasteiger partial charge in [0.25, 0.3) is 5.91 Å². The summed E-state index contributed by atoms with van der Waals surface area (Å²) in [5, 5.41) is 2.88. The van der Waals surface area contributed by atoms with Gasteiger partial charge in [-0.2, -0.15) is 0 Å². The van der Waals surface area contributed by atoms with Gasteiger partial charge in [-0.25, -0.2) is 0 Å². The Morgan fingerprint density at radius 2 is 1.24 bits per heavy atom. The summed E-state index contributed by atoms with van der Waals surface area (Å²) < 4.78 is 11.3. The van der Waals surface area contributed by atoms with E-state index in [-0.39, 0.29) is 5.91 Å². The monoisotopic (exact) mass is 341 g/mol. The van der Waals surface area contributed by atoms with Gasteiger partial charge < -0.3 is 14.8 Å². The molecule has 0 saturated heterocycles. The van der Waals surface area contributed by atoms with E-state index in [2.05, 4.69) is 33.0 Å². The number of carbonyl (C=O) groups is 1. The van der Waals surface area contributed by atoms with Crippen LogP contribution in [0.5, 0.6) is 11.5 Å². The van der Waals surface area contributed by atoms with Gasteiger partial charge in [-0.1, -0.05) is 27.7 Å². The average molecular weight is 341 g/mol. The van der Waals surface area contributed by atoms with Crippen LogP contribution in [0.1, 0.15) is 38.1 Å². The molecule has 4 heteroatoms. The number of rotatable bonds is 8. The third kappa shape index (κ3) is 6.49. The number of ether oxygens (including phenoxy) is 2.